The van der Waals surface area contributed by atoms with Gasteiger partial charge in [0, 0.05) is 18.5 Å². The van der Waals surface area contributed by atoms with Crippen LogP contribution in [0.25, 0.3) is 0 Å². The van der Waals surface area contributed by atoms with Crippen LogP contribution in [0, 0.1) is 12.3 Å². The van der Waals surface area contributed by atoms with Crippen LogP contribution in [0.15, 0.2) is 23.9 Å². The Bertz CT molecular complexity index is 256. The van der Waals surface area contributed by atoms with Crippen molar-refractivity contribution in [2.24, 2.45) is 0 Å². The van der Waals surface area contributed by atoms with Crippen LogP contribution >= 0.6 is 0 Å². The molecule has 0 aromatic heterocycles. The zero-order valence-corrected chi connectivity index (χ0v) is 10.1. The molecule has 0 radical (unpaired) electrons. The highest BCUT2D eigenvalue weighted by Crippen LogP contribution is 1.94. The van der Waals surface area contributed by atoms with Crippen LogP contribution in [0.3, 0.4) is 0 Å². The molecule has 1 amide bonds. The molecule has 1 N–H and O–H groups in total. The number of carbonyl (C=O) groups is 1. The lowest BCUT2D eigenvalue weighted by Crippen LogP contribution is -2.21. The molecule has 0 aliphatic heterocycles. The van der Waals surface area contributed by atoms with Gasteiger partial charge in [-0.25, -0.2) is 0 Å². The first-order valence-corrected chi connectivity index (χ1v) is 5.27. The summed E-state index contributed by atoms with van der Waals surface area (Å²) < 4.78 is 0. The van der Waals surface area contributed by atoms with E-state index in [1.165, 1.54) is 0 Å². The van der Waals surface area contributed by atoms with Crippen molar-refractivity contribution in [3.8, 4) is 12.3 Å². The first kappa shape index (κ1) is 16.0. The van der Waals surface area contributed by atoms with Gasteiger partial charge in [-0.2, -0.15) is 0 Å². The third-order valence-corrected chi connectivity index (χ3v) is 1.44. The molecule has 84 valence electrons. The van der Waals surface area contributed by atoms with Gasteiger partial charge in [-0.15, -0.1) is 12.3 Å². The van der Waals surface area contributed by atoms with Crippen LogP contribution in [0.1, 0.15) is 40.5 Å². The molecule has 0 bridgehead atoms. The predicted molar refractivity (Wildman–Crippen MR) is 66.1 cm³/mol. The number of hydrogen-bond acceptors (Lipinski definition) is 1. The Kier molecular flexibility index (Phi) is 13.3. The van der Waals surface area contributed by atoms with Crippen LogP contribution in [0.5, 0.6) is 0 Å². The number of amides is 1. The highest BCUT2D eigenvalue weighted by molar-refractivity contribution is 5.78. The third kappa shape index (κ3) is 10.4. The van der Waals surface area contributed by atoms with E-state index < -0.39 is 0 Å². The summed E-state index contributed by atoms with van der Waals surface area (Å²) in [6, 6.07) is 0. The maximum Gasteiger partial charge on any atom is 0.225 e. The van der Waals surface area contributed by atoms with E-state index in [0.717, 1.165) is 5.70 Å². The second-order valence-corrected chi connectivity index (χ2v) is 2.50. The van der Waals surface area contributed by atoms with E-state index >= 15 is 0 Å². The standard InChI is InChI=1S/C11H15NO.C2H6/c1-4-7-9-11(13)12-10(6-3)8-5-2;1-2/h1,5-6,8H,7,9H2,2-3H3,(H,12,13);1-2H3/b8-5-,10-6+;. The van der Waals surface area contributed by atoms with Crippen molar-refractivity contribution < 1.29 is 4.79 Å². The second kappa shape index (κ2) is 12.5. The first-order valence-electron chi connectivity index (χ1n) is 5.27. The van der Waals surface area contributed by atoms with Gasteiger partial charge in [-0.3, -0.25) is 4.79 Å². The van der Waals surface area contributed by atoms with E-state index in [4.69, 9.17) is 6.42 Å². The van der Waals surface area contributed by atoms with Gasteiger partial charge >= 0.3 is 0 Å². The van der Waals surface area contributed by atoms with Gasteiger partial charge < -0.3 is 5.32 Å². The summed E-state index contributed by atoms with van der Waals surface area (Å²) >= 11 is 0. The summed E-state index contributed by atoms with van der Waals surface area (Å²) in [7, 11) is 0. The number of terminal acetylenes is 1. The van der Waals surface area contributed by atoms with E-state index in [1.54, 1.807) is 0 Å². The van der Waals surface area contributed by atoms with Gasteiger partial charge in [0.15, 0.2) is 0 Å². The molecule has 2 nitrogen and oxygen atoms in total. The van der Waals surface area contributed by atoms with Crippen LogP contribution in [-0.4, -0.2) is 5.91 Å². The Morgan fingerprint density at radius 3 is 2.40 bits per heavy atom. The fraction of sp³-hybridized carbons (Fsp3) is 0.462. The second-order valence-electron chi connectivity index (χ2n) is 2.50. The van der Waals surface area contributed by atoms with E-state index in [-0.39, 0.29) is 5.91 Å². The summed E-state index contributed by atoms with van der Waals surface area (Å²) in [6.45, 7) is 7.77. The van der Waals surface area contributed by atoms with Crippen molar-refractivity contribution in [3.63, 3.8) is 0 Å². The van der Waals surface area contributed by atoms with Gasteiger partial charge in [0.05, 0.1) is 0 Å². The van der Waals surface area contributed by atoms with E-state index in [0.29, 0.717) is 12.8 Å². The molecule has 0 aliphatic rings. The molecular formula is C13H21NO. The van der Waals surface area contributed by atoms with Gasteiger partial charge in [0.2, 0.25) is 5.91 Å². The minimum absolute atomic E-state index is 0.0378. The molecule has 0 saturated carbocycles. The smallest absolute Gasteiger partial charge is 0.225 e. The van der Waals surface area contributed by atoms with Gasteiger partial charge in [-0.05, 0) is 19.9 Å². The Balaban J connectivity index is 0. The van der Waals surface area contributed by atoms with Crippen LogP contribution in [0.2, 0.25) is 0 Å². The lowest BCUT2D eigenvalue weighted by atomic mass is 10.3. The molecular weight excluding hydrogens is 186 g/mol. The summed E-state index contributed by atoms with van der Waals surface area (Å²) in [5.41, 5.74) is 0.810. The molecule has 0 aromatic rings. The lowest BCUT2D eigenvalue weighted by molar-refractivity contribution is -0.120. The summed E-state index contributed by atoms with van der Waals surface area (Å²) in [6.07, 6.45) is 11.5. The maximum absolute atomic E-state index is 11.2. The fourth-order valence-corrected chi connectivity index (χ4v) is 0.799. The summed E-state index contributed by atoms with van der Waals surface area (Å²) in [5.74, 6) is 2.39. The van der Waals surface area contributed by atoms with Gasteiger partial charge in [0.1, 0.15) is 0 Å². The van der Waals surface area contributed by atoms with Crippen LogP contribution in [0.4, 0.5) is 0 Å². The fourth-order valence-electron chi connectivity index (χ4n) is 0.799. The molecule has 0 saturated heterocycles. The number of nitrogens with one attached hydrogen (secondary N) is 1. The van der Waals surface area contributed by atoms with Crippen molar-refractivity contribution >= 4 is 5.91 Å². The topological polar surface area (TPSA) is 29.1 Å². The van der Waals surface area contributed by atoms with E-state index in [1.807, 2.05) is 45.9 Å². The summed E-state index contributed by atoms with van der Waals surface area (Å²) in [4.78, 5) is 11.2. The van der Waals surface area contributed by atoms with Crippen molar-refractivity contribution in [2.75, 3.05) is 0 Å². The largest absolute Gasteiger partial charge is 0.326 e. The lowest BCUT2D eigenvalue weighted by Gasteiger charge is -2.03. The molecule has 0 aliphatic carbocycles. The highest BCUT2D eigenvalue weighted by atomic mass is 16.1. The molecule has 15 heavy (non-hydrogen) atoms. The Morgan fingerprint density at radius 2 is 2.00 bits per heavy atom. The van der Waals surface area contributed by atoms with E-state index in [9.17, 15) is 4.79 Å². The summed E-state index contributed by atoms with van der Waals surface area (Å²) in [5, 5.41) is 2.74. The van der Waals surface area contributed by atoms with E-state index in [2.05, 4.69) is 11.2 Å². The number of hydrogen-bond donors (Lipinski definition) is 1. The molecule has 0 unspecified atom stereocenters. The first-order chi connectivity index (χ1) is 7.24. The number of carbonyl (C=O) groups excluding carboxylic acids is 1. The average molecular weight is 207 g/mol. The SMILES string of the molecule is C#CCCC(=O)NC(/C=C\C)=C/C.CC. The van der Waals surface area contributed by atoms with Crippen LogP contribution < -0.4 is 5.32 Å². The molecule has 0 fully saturated rings. The monoisotopic (exact) mass is 207 g/mol. The van der Waals surface area contributed by atoms with Crippen molar-refractivity contribution in [1.29, 1.82) is 0 Å². The van der Waals surface area contributed by atoms with Gasteiger partial charge in [0.25, 0.3) is 0 Å². The number of allylic oxidation sites excluding steroid dienone is 3. The molecule has 0 aromatic carbocycles. The van der Waals surface area contributed by atoms with Crippen molar-refractivity contribution in [2.45, 2.75) is 40.5 Å². The minimum Gasteiger partial charge on any atom is -0.326 e. The Morgan fingerprint density at radius 1 is 1.40 bits per heavy atom. The highest BCUT2D eigenvalue weighted by Gasteiger charge is 1.99. The number of rotatable bonds is 4. The Hall–Kier alpha value is -1.49. The molecule has 0 heterocycles. The third-order valence-electron chi connectivity index (χ3n) is 1.44. The molecule has 2 heteroatoms. The Labute approximate surface area is 93.5 Å². The molecule has 0 rings (SSSR count). The minimum atomic E-state index is -0.0378. The average Bonchev–Trinajstić information content (AvgIpc) is 2.28. The normalized spacial score (nSPS) is 10.2. The molecule has 0 atom stereocenters. The zero-order valence-electron chi connectivity index (χ0n) is 10.1. The van der Waals surface area contributed by atoms with Gasteiger partial charge in [-0.1, -0.05) is 26.0 Å². The van der Waals surface area contributed by atoms with Crippen molar-refractivity contribution in [1.82, 2.24) is 5.32 Å². The zero-order chi connectivity index (χ0) is 12.1. The van der Waals surface area contributed by atoms with Crippen LogP contribution in [-0.2, 0) is 4.79 Å². The predicted octanol–water partition coefficient (Wildman–Crippen LogP) is 3.02. The van der Waals surface area contributed by atoms with Crippen molar-refractivity contribution in [3.05, 3.63) is 23.9 Å². The molecule has 0 spiro atoms. The quantitative estimate of drug-likeness (QED) is 0.557. The maximum atomic E-state index is 11.2.